The molecule has 2 heterocycles. The Bertz CT molecular complexity index is 667. The molecular formula is C21H31N3O2S. The third-order valence-corrected chi connectivity index (χ3v) is 7.01. The van der Waals surface area contributed by atoms with Crippen molar-refractivity contribution in [3.8, 4) is 0 Å². The van der Waals surface area contributed by atoms with Gasteiger partial charge in [0.1, 0.15) is 0 Å². The van der Waals surface area contributed by atoms with Crippen LogP contribution >= 0.6 is 11.8 Å². The van der Waals surface area contributed by atoms with Crippen LogP contribution in [0.4, 0.5) is 0 Å². The Kier molecular flexibility index (Phi) is 6.48. The monoisotopic (exact) mass is 389 g/mol. The zero-order valence-electron chi connectivity index (χ0n) is 16.6. The lowest BCUT2D eigenvalue weighted by Gasteiger charge is -2.39. The normalized spacial score (nSPS) is 21.6. The second kappa shape index (κ2) is 8.65. The van der Waals surface area contributed by atoms with Crippen LogP contribution in [0.15, 0.2) is 24.3 Å². The van der Waals surface area contributed by atoms with Gasteiger partial charge in [-0.2, -0.15) is 0 Å². The SMILES string of the molecule is CCc1ccc(C(=O)N2CCC3(CC2)NC(C(=O)NCC(C)C)CS3)cc1. The first-order chi connectivity index (χ1) is 12.9. The molecule has 2 amide bonds. The Balaban J connectivity index is 1.52. The number of aryl methyl sites for hydroxylation is 1. The number of thioether (sulfide) groups is 1. The second-order valence-electron chi connectivity index (χ2n) is 7.98. The molecule has 148 valence electrons. The number of amides is 2. The molecule has 2 saturated heterocycles. The van der Waals surface area contributed by atoms with Crippen LogP contribution in [0.3, 0.4) is 0 Å². The van der Waals surface area contributed by atoms with Gasteiger partial charge < -0.3 is 10.2 Å². The first-order valence-electron chi connectivity index (χ1n) is 10.00. The van der Waals surface area contributed by atoms with E-state index in [-0.39, 0.29) is 22.7 Å². The molecule has 0 radical (unpaired) electrons. The second-order valence-corrected chi connectivity index (χ2v) is 9.39. The van der Waals surface area contributed by atoms with E-state index in [9.17, 15) is 9.59 Å². The van der Waals surface area contributed by atoms with Crippen LogP contribution in [0.2, 0.25) is 0 Å². The summed E-state index contributed by atoms with van der Waals surface area (Å²) in [5.41, 5.74) is 2.01. The third-order valence-electron chi connectivity index (χ3n) is 5.43. The molecule has 3 rings (SSSR count). The van der Waals surface area contributed by atoms with E-state index in [1.165, 1.54) is 5.56 Å². The maximum absolute atomic E-state index is 12.8. The van der Waals surface area contributed by atoms with Gasteiger partial charge in [-0.1, -0.05) is 32.9 Å². The van der Waals surface area contributed by atoms with Gasteiger partial charge in [0.25, 0.3) is 5.91 Å². The Labute approximate surface area is 166 Å². The van der Waals surface area contributed by atoms with Crippen molar-refractivity contribution < 1.29 is 9.59 Å². The van der Waals surface area contributed by atoms with Crippen LogP contribution in [-0.4, -0.2) is 53.0 Å². The summed E-state index contributed by atoms with van der Waals surface area (Å²) in [6.07, 6.45) is 2.74. The van der Waals surface area contributed by atoms with Crippen LogP contribution < -0.4 is 10.6 Å². The Hall–Kier alpha value is -1.53. The molecule has 0 saturated carbocycles. The van der Waals surface area contributed by atoms with E-state index in [0.29, 0.717) is 12.5 Å². The van der Waals surface area contributed by atoms with Gasteiger partial charge in [0.15, 0.2) is 0 Å². The van der Waals surface area contributed by atoms with Crippen LogP contribution in [0.5, 0.6) is 0 Å². The molecule has 2 aliphatic heterocycles. The van der Waals surface area contributed by atoms with Crippen LogP contribution in [0.25, 0.3) is 0 Å². The zero-order valence-corrected chi connectivity index (χ0v) is 17.4. The highest BCUT2D eigenvalue weighted by molar-refractivity contribution is 8.01. The van der Waals surface area contributed by atoms with Crippen LogP contribution in [0.1, 0.15) is 49.5 Å². The minimum Gasteiger partial charge on any atom is -0.354 e. The minimum absolute atomic E-state index is 0.0668. The molecule has 2 N–H and O–H groups in total. The molecule has 1 unspecified atom stereocenters. The van der Waals surface area contributed by atoms with Crippen molar-refractivity contribution in [2.45, 2.75) is 50.9 Å². The summed E-state index contributed by atoms with van der Waals surface area (Å²) in [7, 11) is 0. The standard InChI is InChI=1S/C21H31N3O2S/c1-4-16-5-7-17(8-6-16)20(26)24-11-9-21(10-12-24)23-18(14-27-21)19(25)22-13-15(2)3/h5-8,15,18,23H,4,9-14H2,1-3H3,(H,22,25). The molecule has 27 heavy (non-hydrogen) atoms. The van der Waals surface area contributed by atoms with Gasteiger partial charge >= 0.3 is 0 Å². The lowest BCUT2D eigenvalue weighted by molar-refractivity contribution is -0.122. The van der Waals surface area contributed by atoms with Gasteiger partial charge in [-0.15, -0.1) is 11.8 Å². The Morgan fingerprint density at radius 2 is 1.93 bits per heavy atom. The number of piperidine rings is 1. The molecule has 5 nitrogen and oxygen atoms in total. The Morgan fingerprint density at radius 3 is 2.52 bits per heavy atom. The molecule has 0 aromatic heterocycles. The van der Waals surface area contributed by atoms with Crippen molar-refractivity contribution in [2.24, 2.45) is 5.92 Å². The fourth-order valence-electron chi connectivity index (χ4n) is 3.64. The number of carbonyl (C=O) groups excluding carboxylic acids is 2. The van der Waals surface area contributed by atoms with Crippen molar-refractivity contribution >= 4 is 23.6 Å². The van der Waals surface area contributed by atoms with E-state index < -0.39 is 0 Å². The minimum atomic E-state index is -0.127. The number of nitrogens with one attached hydrogen (secondary N) is 2. The van der Waals surface area contributed by atoms with E-state index in [1.807, 2.05) is 40.9 Å². The lowest BCUT2D eigenvalue weighted by atomic mass is 10.0. The average molecular weight is 390 g/mol. The quantitative estimate of drug-likeness (QED) is 0.813. The zero-order chi connectivity index (χ0) is 19.4. The molecule has 2 aliphatic rings. The van der Waals surface area contributed by atoms with Crippen LogP contribution in [-0.2, 0) is 11.2 Å². The molecule has 0 aliphatic carbocycles. The van der Waals surface area contributed by atoms with Gasteiger partial charge in [0.2, 0.25) is 5.91 Å². The van der Waals surface area contributed by atoms with Crippen molar-refractivity contribution in [1.29, 1.82) is 0 Å². The van der Waals surface area contributed by atoms with Gasteiger partial charge in [-0.05, 0) is 42.9 Å². The number of carbonyl (C=O) groups is 2. The van der Waals surface area contributed by atoms with E-state index in [4.69, 9.17) is 0 Å². The highest BCUT2D eigenvalue weighted by Gasteiger charge is 2.44. The summed E-state index contributed by atoms with van der Waals surface area (Å²) in [6.45, 7) is 8.49. The molecule has 1 spiro atoms. The maximum atomic E-state index is 12.8. The molecule has 2 fully saturated rings. The van der Waals surface area contributed by atoms with Gasteiger partial charge in [0.05, 0.1) is 10.9 Å². The number of benzene rings is 1. The predicted molar refractivity (Wildman–Crippen MR) is 111 cm³/mol. The molecule has 0 bridgehead atoms. The largest absolute Gasteiger partial charge is 0.354 e. The molecular weight excluding hydrogens is 358 g/mol. The fraction of sp³-hybridized carbons (Fsp3) is 0.619. The molecule has 1 aromatic rings. The molecule has 1 aromatic carbocycles. The Morgan fingerprint density at radius 1 is 1.26 bits per heavy atom. The summed E-state index contributed by atoms with van der Waals surface area (Å²) >= 11 is 1.84. The highest BCUT2D eigenvalue weighted by Crippen LogP contribution is 2.39. The summed E-state index contributed by atoms with van der Waals surface area (Å²) in [5, 5.41) is 6.58. The number of likely N-dealkylation sites (tertiary alicyclic amines) is 1. The fourth-order valence-corrected chi connectivity index (χ4v) is 5.06. The topological polar surface area (TPSA) is 61.4 Å². The summed E-state index contributed by atoms with van der Waals surface area (Å²) < 4.78 is 0. The van der Waals surface area contributed by atoms with Crippen molar-refractivity contribution in [1.82, 2.24) is 15.5 Å². The van der Waals surface area contributed by atoms with E-state index in [2.05, 4.69) is 31.4 Å². The van der Waals surface area contributed by atoms with Gasteiger partial charge in [-0.3, -0.25) is 14.9 Å². The predicted octanol–water partition coefficient (Wildman–Crippen LogP) is 2.66. The van der Waals surface area contributed by atoms with Gasteiger partial charge in [0, 0.05) is 31.0 Å². The summed E-state index contributed by atoms with van der Waals surface area (Å²) in [6, 6.07) is 7.81. The van der Waals surface area contributed by atoms with Crippen molar-refractivity contribution in [2.75, 3.05) is 25.4 Å². The van der Waals surface area contributed by atoms with E-state index in [1.54, 1.807) is 0 Å². The summed E-state index contributed by atoms with van der Waals surface area (Å²) in [4.78, 5) is 27.0. The van der Waals surface area contributed by atoms with E-state index >= 15 is 0 Å². The number of hydrogen-bond donors (Lipinski definition) is 2. The first-order valence-corrected chi connectivity index (χ1v) is 11.0. The number of nitrogens with zero attached hydrogens (tertiary/aromatic N) is 1. The average Bonchev–Trinajstić information content (AvgIpc) is 3.10. The number of rotatable bonds is 5. The highest BCUT2D eigenvalue weighted by atomic mass is 32.2. The van der Waals surface area contributed by atoms with E-state index in [0.717, 1.165) is 43.7 Å². The van der Waals surface area contributed by atoms with Crippen LogP contribution in [0, 0.1) is 5.92 Å². The smallest absolute Gasteiger partial charge is 0.253 e. The lowest BCUT2D eigenvalue weighted by Crippen LogP contribution is -2.54. The van der Waals surface area contributed by atoms with Gasteiger partial charge in [-0.25, -0.2) is 0 Å². The van der Waals surface area contributed by atoms with Crippen molar-refractivity contribution in [3.63, 3.8) is 0 Å². The number of hydrogen-bond acceptors (Lipinski definition) is 4. The maximum Gasteiger partial charge on any atom is 0.253 e. The summed E-state index contributed by atoms with van der Waals surface area (Å²) in [5.74, 6) is 1.47. The van der Waals surface area contributed by atoms with Crippen molar-refractivity contribution in [3.05, 3.63) is 35.4 Å². The third kappa shape index (κ3) is 4.85. The molecule has 6 heteroatoms. The first kappa shape index (κ1) is 20.2. The molecule has 1 atom stereocenters.